The predicted molar refractivity (Wildman–Crippen MR) is 105 cm³/mol. The quantitative estimate of drug-likeness (QED) is 0.746. The van der Waals surface area contributed by atoms with Crippen LogP contribution >= 0.6 is 23.2 Å². The molecule has 1 saturated heterocycles. The van der Waals surface area contributed by atoms with Gasteiger partial charge in [-0.05, 0) is 49.7 Å². The Morgan fingerprint density at radius 1 is 1.07 bits per heavy atom. The van der Waals surface area contributed by atoms with Crippen LogP contribution in [0.1, 0.15) is 12.8 Å². The summed E-state index contributed by atoms with van der Waals surface area (Å²) in [5, 5.41) is 5.84. The van der Waals surface area contributed by atoms with Crippen molar-refractivity contribution in [1.29, 1.82) is 0 Å². The normalized spacial score (nSPS) is 16.8. The Labute approximate surface area is 170 Å². The molecule has 0 aliphatic carbocycles. The number of halogens is 4. The molecule has 0 bridgehead atoms. The second-order valence-corrected chi connectivity index (χ2v) is 7.26. The van der Waals surface area contributed by atoms with Crippen LogP contribution in [0.25, 0.3) is 0 Å². The first-order chi connectivity index (χ1) is 13.3. The van der Waals surface area contributed by atoms with Gasteiger partial charge in [0, 0.05) is 11.1 Å². The van der Waals surface area contributed by atoms with Gasteiger partial charge in [0.2, 0.25) is 11.8 Å². The molecule has 0 saturated carbocycles. The van der Waals surface area contributed by atoms with Crippen molar-refractivity contribution >= 4 is 46.4 Å². The molecule has 1 fully saturated rings. The first kappa shape index (κ1) is 20.5. The molecule has 1 unspecified atom stereocenters. The third-order valence-corrected chi connectivity index (χ3v) is 4.95. The number of hydrogen-bond acceptors (Lipinski definition) is 3. The number of carbonyl (C=O) groups is 2. The van der Waals surface area contributed by atoms with Crippen LogP contribution in [0.4, 0.5) is 20.2 Å². The van der Waals surface area contributed by atoms with E-state index in [9.17, 15) is 18.4 Å². The topological polar surface area (TPSA) is 61.4 Å². The van der Waals surface area contributed by atoms with Gasteiger partial charge < -0.3 is 10.6 Å². The third kappa shape index (κ3) is 4.98. The molecule has 1 aliphatic heterocycles. The minimum absolute atomic E-state index is 0.123. The average Bonchev–Trinajstić information content (AvgIpc) is 3.08. The van der Waals surface area contributed by atoms with Crippen molar-refractivity contribution in [3.8, 4) is 0 Å². The lowest BCUT2D eigenvalue weighted by Crippen LogP contribution is -2.43. The highest BCUT2D eigenvalue weighted by atomic mass is 35.5. The first-order valence-electron chi connectivity index (χ1n) is 8.58. The highest BCUT2D eigenvalue weighted by molar-refractivity contribution is 6.36. The Kier molecular flexibility index (Phi) is 6.49. The van der Waals surface area contributed by atoms with Crippen molar-refractivity contribution in [2.75, 3.05) is 23.7 Å². The smallest absolute Gasteiger partial charge is 0.241 e. The van der Waals surface area contributed by atoms with Gasteiger partial charge in [-0.1, -0.05) is 23.2 Å². The number of carbonyl (C=O) groups excluding carboxylic acids is 2. The van der Waals surface area contributed by atoms with Gasteiger partial charge in [0.15, 0.2) is 0 Å². The Balaban J connectivity index is 1.63. The van der Waals surface area contributed by atoms with E-state index in [0.717, 1.165) is 24.6 Å². The molecule has 3 rings (SSSR count). The van der Waals surface area contributed by atoms with E-state index in [1.807, 2.05) is 0 Å². The maximum atomic E-state index is 13.7. The van der Waals surface area contributed by atoms with E-state index in [4.69, 9.17) is 23.2 Å². The number of rotatable bonds is 5. The van der Waals surface area contributed by atoms with Crippen molar-refractivity contribution < 1.29 is 18.4 Å². The number of amides is 2. The van der Waals surface area contributed by atoms with E-state index in [-0.39, 0.29) is 18.1 Å². The first-order valence-corrected chi connectivity index (χ1v) is 9.34. The highest BCUT2D eigenvalue weighted by Gasteiger charge is 2.32. The minimum Gasteiger partial charge on any atom is -0.323 e. The van der Waals surface area contributed by atoms with Crippen LogP contribution in [0, 0.1) is 11.6 Å². The molecule has 2 amide bonds. The minimum atomic E-state index is -0.733. The zero-order chi connectivity index (χ0) is 20.3. The van der Waals surface area contributed by atoms with Crippen molar-refractivity contribution in [3.05, 3.63) is 58.1 Å². The summed E-state index contributed by atoms with van der Waals surface area (Å²) in [5.41, 5.74) is 0.187. The Morgan fingerprint density at radius 2 is 1.86 bits per heavy atom. The zero-order valence-corrected chi connectivity index (χ0v) is 16.2. The largest absolute Gasteiger partial charge is 0.323 e. The van der Waals surface area contributed by atoms with Gasteiger partial charge in [-0.3, -0.25) is 14.5 Å². The monoisotopic (exact) mass is 427 g/mol. The van der Waals surface area contributed by atoms with Crippen molar-refractivity contribution in [2.45, 2.75) is 18.9 Å². The standard InChI is InChI=1S/C19H17Cl2F2N3O2/c20-11-3-6-15(13(21)8-11)25-19(28)17-2-1-7-26(17)10-18(27)24-16-9-12(22)4-5-14(16)23/h3-6,8-9,17H,1-2,7,10H2,(H,24,27)(H,25,28). The number of hydrogen-bond donors (Lipinski definition) is 2. The fourth-order valence-corrected chi connectivity index (χ4v) is 3.54. The second kappa shape index (κ2) is 8.86. The van der Waals surface area contributed by atoms with Crippen LogP contribution in [0.5, 0.6) is 0 Å². The summed E-state index contributed by atoms with van der Waals surface area (Å²) in [4.78, 5) is 26.5. The molecular weight excluding hydrogens is 411 g/mol. The van der Waals surface area contributed by atoms with E-state index >= 15 is 0 Å². The lowest BCUT2D eigenvalue weighted by atomic mass is 10.2. The molecule has 1 atom stereocenters. The van der Waals surface area contributed by atoms with Gasteiger partial charge in [0.25, 0.3) is 0 Å². The highest BCUT2D eigenvalue weighted by Crippen LogP contribution is 2.27. The summed E-state index contributed by atoms with van der Waals surface area (Å²) in [6, 6.07) is 7.00. The molecule has 2 aromatic rings. The van der Waals surface area contributed by atoms with Gasteiger partial charge >= 0.3 is 0 Å². The SMILES string of the molecule is O=C(CN1CCCC1C(=O)Nc1ccc(Cl)cc1Cl)Nc1cc(F)ccc1F. The lowest BCUT2D eigenvalue weighted by molar-refractivity contribution is -0.122. The molecule has 2 aromatic carbocycles. The molecular formula is C19H17Cl2F2N3O2. The Bertz CT molecular complexity index is 911. The van der Waals surface area contributed by atoms with Crippen LogP contribution in [0.3, 0.4) is 0 Å². The van der Waals surface area contributed by atoms with Crippen LogP contribution in [-0.2, 0) is 9.59 Å². The molecule has 0 spiro atoms. The molecule has 5 nitrogen and oxygen atoms in total. The molecule has 9 heteroatoms. The molecule has 1 aliphatic rings. The van der Waals surface area contributed by atoms with E-state index < -0.39 is 23.6 Å². The fourth-order valence-electron chi connectivity index (χ4n) is 3.09. The molecule has 2 N–H and O–H groups in total. The maximum absolute atomic E-state index is 13.7. The summed E-state index contributed by atoms with van der Waals surface area (Å²) in [5.74, 6) is -2.22. The zero-order valence-electron chi connectivity index (χ0n) is 14.6. The fraction of sp³-hybridized carbons (Fsp3) is 0.263. The molecule has 148 valence electrons. The van der Waals surface area contributed by atoms with E-state index in [2.05, 4.69) is 10.6 Å². The second-order valence-electron chi connectivity index (χ2n) is 6.41. The summed E-state index contributed by atoms with van der Waals surface area (Å²) >= 11 is 11.9. The summed E-state index contributed by atoms with van der Waals surface area (Å²) < 4.78 is 26.9. The molecule has 0 radical (unpaired) electrons. The number of nitrogens with zero attached hydrogens (tertiary/aromatic N) is 1. The van der Waals surface area contributed by atoms with Crippen molar-refractivity contribution in [3.63, 3.8) is 0 Å². The molecule has 0 aromatic heterocycles. The third-order valence-electron chi connectivity index (χ3n) is 4.40. The van der Waals surface area contributed by atoms with E-state index in [1.165, 1.54) is 6.07 Å². The number of likely N-dealkylation sites (tertiary alicyclic amines) is 1. The Hall–Kier alpha value is -2.22. The summed E-state index contributed by atoms with van der Waals surface area (Å²) in [6.45, 7) is 0.411. The van der Waals surface area contributed by atoms with Gasteiger partial charge in [0.1, 0.15) is 11.6 Å². The van der Waals surface area contributed by atoms with Crippen LogP contribution < -0.4 is 10.6 Å². The van der Waals surface area contributed by atoms with E-state index in [1.54, 1.807) is 17.0 Å². The van der Waals surface area contributed by atoms with E-state index in [0.29, 0.717) is 28.7 Å². The van der Waals surface area contributed by atoms with Crippen LogP contribution in [-0.4, -0.2) is 35.8 Å². The van der Waals surface area contributed by atoms with Gasteiger partial charge in [-0.2, -0.15) is 0 Å². The number of nitrogens with one attached hydrogen (secondary N) is 2. The van der Waals surface area contributed by atoms with Crippen molar-refractivity contribution in [2.24, 2.45) is 0 Å². The van der Waals surface area contributed by atoms with Gasteiger partial charge in [0.05, 0.1) is 29.0 Å². The number of anilines is 2. The van der Waals surface area contributed by atoms with Gasteiger partial charge in [-0.25, -0.2) is 8.78 Å². The summed E-state index contributed by atoms with van der Waals surface area (Å²) in [6.07, 6.45) is 1.30. The average molecular weight is 428 g/mol. The summed E-state index contributed by atoms with van der Waals surface area (Å²) in [7, 11) is 0. The van der Waals surface area contributed by atoms with Crippen LogP contribution in [0.15, 0.2) is 36.4 Å². The maximum Gasteiger partial charge on any atom is 0.241 e. The number of benzene rings is 2. The lowest BCUT2D eigenvalue weighted by Gasteiger charge is -2.23. The molecule has 28 heavy (non-hydrogen) atoms. The van der Waals surface area contributed by atoms with Crippen LogP contribution in [0.2, 0.25) is 10.0 Å². The predicted octanol–water partition coefficient (Wildman–Crippen LogP) is 4.31. The van der Waals surface area contributed by atoms with Gasteiger partial charge in [-0.15, -0.1) is 0 Å². The molecule has 1 heterocycles. The van der Waals surface area contributed by atoms with Crippen molar-refractivity contribution in [1.82, 2.24) is 4.90 Å². The Morgan fingerprint density at radius 3 is 2.61 bits per heavy atom.